The molecule has 0 bridgehead atoms. The van der Waals surface area contributed by atoms with Crippen LogP contribution < -0.4 is 25.4 Å². The van der Waals surface area contributed by atoms with Gasteiger partial charge in [-0.25, -0.2) is 0 Å². The Bertz CT molecular complexity index is 919. The van der Waals surface area contributed by atoms with E-state index < -0.39 is 6.04 Å². The molecule has 1 aliphatic heterocycles. The lowest BCUT2D eigenvalue weighted by atomic mass is 10.1. The summed E-state index contributed by atoms with van der Waals surface area (Å²) in [6, 6.07) is 7.48. The Kier molecular flexibility index (Phi) is 7.80. The molecule has 1 aromatic heterocycles. The minimum Gasteiger partial charge on any atom is -0.497 e. The normalized spacial score (nSPS) is 17.8. The molecule has 31 heavy (non-hydrogen) atoms. The molecule has 9 nitrogen and oxygen atoms in total. The van der Waals surface area contributed by atoms with Gasteiger partial charge in [0, 0.05) is 30.6 Å². The van der Waals surface area contributed by atoms with Crippen molar-refractivity contribution in [1.29, 1.82) is 0 Å². The second-order valence-electron chi connectivity index (χ2n) is 7.02. The first-order valence-electron chi connectivity index (χ1n) is 10.2. The highest BCUT2D eigenvalue weighted by Crippen LogP contribution is 2.25. The molecule has 0 radical (unpaired) electrons. The molecule has 3 amide bonds. The van der Waals surface area contributed by atoms with Crippen LogP contribution in [0.15, 0.2) is 42.7 Å². The van der Waals surface area contributed by atoms with E-state index in [4.69, 9.17) is 9.47 Å². The van der Waals surface area contributed by atoms with Crippen molar-refractivity contribution in [3.05, 3.63) is 53.9 Å². The third-order valence-corrected chi connectivity index (χ3v) is 4.86. The van der Waals surface area contributed by atoms with Crippen molar-refractivity contribution in [2.24, 2.45) is 0 Å². The van der Waals surface area contributed by atoms with Crippen molar-refractivity contribution in [3.63, 3.8) is 0 Å². The van der Waals surface area contributed by atoms with Crippen molar-refractivity contribution in [3.8, 4) is 11.5 Å². The number of hydrogen-bond donors (Lipinski definition) is 3. The van der Waals surface area contributed by atoms with Gasteiger partial charge < -0.3 is 25.4 Å². The van der Waals surface area contributed by atoms with Gasteiger partial charge in [0.25, 0.3) is 11.8 Å². The van der Waals surface area contributed by atoms with Crippen molar-refractivity contribution in [2.45, 2.75) is 25.3 Å². The molecule has 3 N–H and O–H groups in total. The third-order valence-electron chi connectivity index (χ3n) is 4.86. The molecule has 1 atom stereocenters. The van der Waals surface area contributed by atoms with Gasteiger partial charge >= 0.3 is 0 Å². The van der Waals surface area contributed by atoms with E-state index in [-0.39, 0.29) is 30.9 Å². The zero-order valence-corrected chi connectivity index (χ0v) is 17.3. The molecule has 0 spiro atoms. The SMILES string of the molecule is COc1ccc2c(c1)OCCNC(=O)[C@@H](NC(=O)c1ccncc1)CCCCNC2=O. The molecule has 0 fully saturated rings. The zero-order chi connectivity index (χ0) is 22.1. The molecular formula is C22H26N4O5. The first-order valence-corrected chi connectivity index (χ1v) is 10.2. The number of hydrogen-bond acceptors (Lipinski definition) is 6. The Morgan fingerprint density at radius 2 is 1.94 bits per heavy atom. The van der Waals surface area contributed by atoms with E-state index in [0.29, 0.717) is 48.4 Å². The average molecular weight is 426 g/mol. The number of nitrogens with zero attached hydrogens (tertiary/aromatic N) is 1. The summed E-state index contributed by atoms with van der Waals surface area (Å²) in [6.45, 7) is 0.819. The number of aromatic nitrogens is 1. The molecule has 0 aliphatic carbocycles. The Hall–Kier alpha value is -3.62. The third kappa shape index (κ3) is 6.18. The molecule has 1 aromatic carbocycles. The smallest absolute Gasteiger partial charge is 0.255 e. The van der Waals surface area contributed by atoms with Crippen LogP contribution in [0.4, 0.5) is 0 Å². The lowest BCUT2D eigenvalue weighted by Crippen LogP contribution is -2.47. The second kappa shape index (κ2) is 11.0. The summed E-state index contributed by atoms with van der Waals surface area (Å²) < 4.78 is 10.9. The van der Waals surface area contributed by atoms with E-state index in [9.17, 15) is 14.4 Å². The molecular weight excluding hydrogens is 400 g/mol. The summed E-state index contributed by atoms with van der Waals surface area (Å²) in [7, 11) is 1.53. The van der Waals surface area contributed by atoms with E-state index in [1.165, 1.54) is 19.5 Å². The number of pyridine rings is 1. The fourth-order valence-electron chi connectivity index (χ4n) is 3.18. The predicted molar refractivity (Wildman–Crippen MR) is 113 cm³/mol. The maximum Gasteiger partial charge on any atom is 0.255 e. The summed E-state index contributed by atoms with van der Waals surface area (Å²) in [5, 5.41) is 8.44. The van der Waals surface area contributed by atoms with Gasteiger partial charge in [0.15, 0.2) is 0 Å². The first kappa shape index (κ1) is 22.1. The van der Waals surface area contributed by atoms with Crippen LogP contribution >= 0.6 is 0 Å². The Morgan fingerprint density at radius 3 is 2.71 bits per heavy atom. The Balaban J connectivity index is 1.68. The number of fused-ring (bicyclic) bond motifs is 1. The van der Waals surface area contributed by atoms with Gasteiger partial charge in [0.2, 0.25) is 5.91 Å². The molecule has 0 saturated carbocycles. The molecule has 0 saturated heterocycles. The molecule has 1 aliphatic rings. The van der Waals surface area contributed by atoms with Gasteiger partial charge in [-0.1, -0.05) is 0 Å². The van der Waals surface area contributed by atoms with Crippen LogP contribution in [0.25, 0.3) is 0 Å². The van der Waals surface area contributed by atoms with Gasteiger partial charge in [-0.2, -0.15) is 0 Å². The fourth-order valence-corrected chi connectivity index (χ4v) is 3.18. The molecule has 2 aromatic rings. The molecule has 0 unspecified atom stereocenters. The lowest BCUT2D eigenvalue weighted by molar-refractivity contribution is -0.123. The van der Waals surface area contributed by atoms with Crippen molar-refractivity contribution >= 4 is 17.7 Å². The summed E-state index contributed by atoms with van der Waals surface area (Å²) in [5.74, 6) is 0.0924. The number of ether oxygens (including phenoxy) is 2. The highest BCUT2D eigenvalue weighted by atomic mass is 16.5. The second-order valence-corrected chi connectivity index (χ2v) is 7.02. The van der Waals surface area contributed by atoms with Crippen molar-refractivity contribution in [1.82, 2.24) is 20.9 Å². The van der Waals surface area contributed by atoms with Gasteiger partial charge in [-0.15, -0.1) is 0 Å². The number of methoxy groups -OCH3 is 1. The highest BCUT2D eigenvalue weighted by Gasteiger charge is 2.22. The maximum atomic E-state index is 12.7. The zero-order valence-electron chi connectivity index (χ0n) is 17.3. The lowest BCUT2D eigenvalue weighted by Gasteiger charge is -2.20. The minimum absolute atomic E-state index is 0.157. The average Bonchev–Trinajstić information content (AvgIpc) is 2.80. The maximum absolute atomic E-state index is 12.7. The van der Waals surface area contributed by atoms with E-state index >= 15 is 0 Å². The number of rotatable bonds is 3. The summed E-state index contributed by atoms with van der Waals surface area (Å²) in [5.41, 5.74) is 0.843. The topological polar surface area (TPSA) is 119 Å². The van der Waals surface area contributed by atoms with Crippen LogP contribution in [0.5, 0.6) is 11.5 Å². The quantitative estimate of drug-likeness (QED) is 0.681. The van der Waals surface area contributed by atoms with Crippen LogP contribution in [-0.4, -0.2) is 55.6 Å². The number of carbonyl (C=O) groups excluding carboxylic acids is 3. The van der Waals surface area contributed by atoms with Gasteiger partial charge in [-0.3, -0.25) is 19.4 Å². The molecule has 164 valence electrons. The Labute approximate surface area is 180 Å². The van der Waals surface area contributed by atoms with Crippen molar-refractivity contribution in [2.75, 3.05) is 26.8 Å². The minimum atomic E-state index is -0.688. The van der Waals surface area contributed by atoms with Crippen LogP contribution in [0.1, 0.15) is 40.0 Å². The first-order chi connectivity index (χ1) is 15.1. The van der Waals surface area contributed by atoms with Crippen LogP contribution in [0, 0.1) is 0 Å². The molecule has 2 heterocycles. The predicted octanol–water partition coefficient (Wildman–Crippen LogP) is 1.30. The standard InChI is InChI=1S/C22H26N4O5/c1-30-16-5-6-17-19(14-16)31-13-12-25-22(29)18(4-2-3-9-24-21(17)28)26-20(27)15-7-10-23-11-8-15/h5-8,10-11,14,18H,2-4,9,12-13H2,1H3,(H,24,28)(H,25,29)(H,26,27)/t18-/m0/s1. The van der Waals surface area contributed by atoms with Gasteiger partial charge in [0.05, 0.1) is 19.2 Å². The number of amides is 3. The largest absolute Gasteiger partial charge is 0.497 e. The van der Waals surface area contributed by atoms with Gasteiger partial charge in [-0.05, 0) is 43.5 Å². The monoisotopic (exact) mass is 426 g/mol. The molecule has 3 rings (SSSR count). The van der Waals surface area contributed by atoms with Crippen LogP contribution in [0.2, 0.25) is 0 Å². The van der Waals surface area contributed by atoms with Crippen LogP contribution in [-0.2, 0) is 4.79 Å². The van der Waals surface area contributed by atoms with Crippen LogP contribution in [0.3, 0.4) is 0 Å². The summed E-state index contributed by atoms with van der Waals surface area (Å²) in [4.78, 5) is 41.6. The van der Waals surface area contributed by atoms with Crippen molar-refractivity contribution < 1.29 is 23.9 Å². The van der Waals surface area contributed by atoms with E-state index in [2.05, 4.69) is 20.9 Å². The highest BCUT2D eigenvalue weighted by molar-refractivity contribution is 5.98. The summed E-state index contributed by atoms with van der Waals surface area (Å²) in [6.07, 6.45) is 4.81. The van der Waals surface area contributed by atoms with E-state index in [1.807, 2.05) is 0 Å². The molecule has 9 heteroatoms. The number of carbonyl (C=O) groups is 3. The van der Waals surface area contributed by atoms with E-state index in [1.54, 1.807) is 30.3 Å². The van der Waals surface area contributed by atoms with Gasteiger partial charge in [0.1, 0.15) is 24.1 Å². The Morgan fingerprint density at radius 1 is 1.13 bits per heavy atom. The fraction of sp³-hybridized carbons (Fsp3) is 0.364. The summed E-state index contributed by atoms with van der Waals surface area (Å²) >= 11 is 0. The van der Waals surface area contributed by atoms with E-state index in [0.717, 1.165) is 0 Å². The number of benzene rings is 1. The number of nitrogens with one attached hydrogen (secondary N) is 3.